The molecule has 20 heavy (non-hydrogen) atoms. The summed E-state index contributed by atoms with van der Waals surface area (Å²) in [6.07, 6.45) is 4.96. The number of imidazole rings is 1. The van der Waals surface area contributed by atoms with E-state index >= 15 is 0 Å². The summed E-state index contributed by atoms with van der Waals surface area (Å²) in [5, 5.41) is 0. The van der Waals surface area contributed by atoms with Crippen molar-refractivity contribution in [1.29, 1.82) is 0 Å². The second kappa shape index (κ2) is 4.90. The second-order valence-electron chi connectivity index (χ2n) is 5.26. The van der Waals surface area contributed by atoms with E-state index < -0.39 is 0 Å². The lowest BCUT2D eigenvalue weighted by molar-refractivity contribution is 0.00657. The molecule has 2 aromatic rings. The van der Waals surface area contributed by atoms with Gasteiger partial charge in [-0.1, -0.05) is 0 Å². The molecule has 0 aliphatic carbocycles. The highest BCUT2D eigenvalue weighted by atomic mass is 16.5. The smallest absolute Gasteiger partial charge is 0.332 e. The zero-order chi connectivity index (χ0) is 14.3. The number of aryl methyl sites for hydroxylation is 1. The molecule has 0 saturated carbocycles. The Labute approximate surface area is 115 Å². The fourth-order valence-electron chi connectivity index (χ4n) is 2.71. The Morgan fingerprint density at radius 2 is 2.10 bits per heavy atom. The van der Waals surface area contributed by atoms with Crippen LogP contribution in [0.3, 0.4) is 0 Å². The van der Waals surface area contributed by atoms with E-state index in [2.05, 4.69) is 4.98 Å². The summed E-state index contributed by atoms with van der Waals surface area (Å²) in [7, 11) is 3.11. The van der Waals surface area contributed by atoms with Crippen molar-refractivity contribution < 1.29 is 4.74 Å². The van der Waals surface area contributed by atoms with Gasteiger partial charge in [-0.2, -0.15) is 0 Å². The largest absolute Gasteiger partial charge is 0.376 e. The molecule has 0 N–H and O–H groups in total. The lowest BCUT2D eigenvalue weighted by Crippen LogP contribution is -2.38. The van der Waals surface area contributed by atoms with Gasteiger partial charge in [0.1, 0.15) is 0 Å². The average molecular weight is 278 g/mol. The molecule has 1 aliphatic heterocycles. The van der Waals surface area contributed by atoms with Crippen molar-refractivity contribution in [2.24, 2.45) is 14.1 Å². The number of hydrogen-bond acceptors (Lipinski definition) is 4. The Bertz CT molecular complexity index is 749. The highest BCUT2D eigenvalue weighted by molar-refractivity contribution is 5.69. The van der Waals surface area contributed by atoms with E-state index in [0.29, 0.717) is 17.7 Å². The SMILES string of the molecule is Cn1c(=O)c2c(ncn2C[C@@H]2CCCCO2)n(C)c1=O. The van der Waals surface area contributed by atoms with Crippen molar-refractivity contribution >= 4 is 11.2 Å². The van der Waals surface area contributed by atoms with Crippen LogP contribution in [0, 0.1) is 0 Å². The van der Waals surface area contributed by atoms with Crippen molar-refractivity contribution in [3.8, 4) is 0 Å². The summed E-state index contributed by atoms with van der Waals surface area (Å²) in [4.78, 5) is 28.3. The molecule has 3 rings (SSSR count). The topological polar surface area (TPSA) is 71.0 Å². The van der Waals surface area contributed by atoms with E-state index in [1.165, 1.54) is 11.6 Å². The van der Waals surface area contributed by atoms with Crippen LogP contribution in [0.4, 0.5) is 0 Å². The number of hydrogen-bond donors (Lipinski definition) is 0. The summed E-state index contributed by atoms with van der Waals surface area (Å²) < 4.78 is 10.0. The summed E-state index contributed by atoms with van der Waals surface area (Å²) in [6, 6.07) is 0. The van der Waals surface area contributed by atoms with E-state index in [9.17, 15) is 9.59 Å². The van der Waals surface area contributed by atoms with E-state index in [1.807, 2.05) is 0 Å². The Balaban J connectivity index is 2.09. The Kier molecular flexibility index (Phi) is 3.21. The van der Waals surface area contributed by atoms with Crippen LogP contribution in [-0.4, -0.2) is 31.4 Å². The summed E-state index contributed by atoms with van der Waals surface area (Å²) in [5.74, 6) is 0. The van der Waals surface area contributed by atoms with Crippen LogP contribution in [0.1, 0.15) is 19.3 Å². The van der Waals surface area contributed by atoms with Crippen molar-refractivity contribution in [3.63, 3.8) is 0 Å². The van der Waals surface area contributed by atoms with Gasteiger partial charge < -0.3 is 9.30 Å². The van der Waals surface area contributed by atoms with Gasteiger partial charge in [-0.3, -0.25) is 13.9 Å². The molecule has 0 radical (unpaired) electrons. The fraction of sp³-hybridized carbons (Fsp3) is 0.615. The first-order chi connectivity index (χ1) is 9.59. The lowest BCUT2D eigenvalue weighted by atomic mass is 10.1. The maximum absolute atomic E-state index is 12.3. The first kappa shape index (κ1) is 13.1. The monoisotopic (exact) mass is 278 g/mol. The third-order valence-electron chi connectivity index (χ3n) is 3.89. The van der Waals surface area contributed by atoms with Gasteiger partial charge in [-0.15, -0.1) is 0 Å². The highest BCUT2D eigenvalue weighted by Crippen LogP contribution is 2.16. The van der Waals surface area contributed by atoms with E-state index in [-0.39, 0.29) is 17.4 Å². The van der Waals surface area contributed by atoms with Crippen LogP contribution in [0.25, 0.3) is 11.2 Å². The Morgan fingerprint density at radius 1 is 1.30 bits per heavy atom. The van der Waals surface area contributed by atoms with Crippen molar-refractivity contribution in [1.82, 2.24) is 18.7 Å². The van der Waals surface area contributed by atoms with Gasteiger partial charge in [0.15, 0.2) is 11.2 Å². The molecule has 0 unspecified atom stereocenters. The van der Waals surface area contributed by atoms with Gasteiger partial charge in [-0.05, 0) is 19.3 Å². The third-order valence-corrected chi connectivity index (χ3v) is 3.89. The molecule has 0 spiro atoms. The molecule has 2 aromatic heterocycles. The third kappa shape index (κ3) is 1.98. The van der Waals surface area contributed by atoms with Gasteiger partial charge in [0.2, 0.25) is 0 Å². The molecule has 7 nitrogen and oxygen atoms in total. The maximum atomic E-state index is 12.3. The average Bonchev–Trinajstić information content (AvgIpc) is 2.88. The standard InChI is InChI=1S/C13H18N4O3/c1-15-11-10(12(18)16(2)13(15)19)17(8-14-11)7-9-5-3-4-6-20-9/h8-9H,3-7H2,1-2H3/t9-/m0/s1. The van der Waals surface area contributed by atoms with Crippen molar-refractivity contribution in [2.45, 2.75) is 31.9 Å². The number of rotatable bonds is 2. The lowest BCUT2D eigenvalue weighted by Gasteiger charge is -2.22. The fourth-order valence-corrected chi connectivity index (χ4v) is 2.71. The van der Waals surface area contributed by atoms with E-state index in [1.54, 1.807) is 17.9 Å². The first-order valence-electron chi connectivity index (χ1n) is 6.82. The summed E-state index contributed by atoms with van der Waals surface area (Å²) in [6.45, 7) is 1.37. The van der Waals surface area contributed by atoms with E-state index in [4.69, 9.17) is 4.74 Å². The van der Waals surface area contributed by atoms with Crippen LogP contribution in [0.15, 0.2) is 15.9 Å². The van der Waals surface area contributed by atoms with Crippen LogP contribution >= 0.6 is 0 Å². The molecule has 0 amide bonds. The molecular weight excluding hydrogens is 260 g/mol. The highest BCUT2D eigenvalue weighted by Gasteiger charge is 2.19. The molecule has 3 heterocycles. The molecule has 1 fully saturated rings. The molecule has 108 valence electrons. The normalized spacial score (nSPS) is 19.6. The minimum absolute atomic E-state index is 0.114. The van der Waals surface area contributed by atoms with Crippen molar-refractivity contribution in [3.05, 3.63) is 27.2 Å². The molecular formula is C13H18N4O3. The Morgan fingerprint density at radius 3 is 2.80 bits per heavy atom. The van der Waals surface area contributed by atoms with Gasteiger partial charge in [0, 0.05) is 20.7 Å². The number of nitrogens with zero attached hydrogens (tertiary/aromatic N) is 4. The van der Waals surface area contributed by atoms with Crippen LogP contribution in [0.5, 0.6) is 0 Å². The zero-order valence-corrected chi connectivity index (χ0v) is 11.7. The van der Waals surface area contributed by atoms with Crippen LogP contribution < -0.4 is 11.2 Å². The minimum Gasteiger partial charge on any atom is -0.376 e. The summed E-state index contributed by atoms with van der Waals surface area (Å²) >= 11 is 0. The number of fused-ring (bicyclic) bond motifs is 1. The van der Waals surface area contributed by atoms with Gasteiger partial charge in [0.05, 0.1) is 19.0 Å². The number of aromatic nitrogens is 4. The van der Waals surface area contributed by atoms with Gasteiger partial charge >= 0.3 is 5.69 Å². The quantitative estimate of drug-likeness (QED) is 0.775. The van der Waals surface area contributed by atoms with Crippen molar-refractivity contribution in [2.75, 3.05) is 6.61 Å². The van der Waals surface area contributed by atoms with Crippen LogP contribution in [-0.2, 0) is 25.4 Å². The predicted molar refractivity (Wildman–Crippen MR) is 73.8 cm³/mol. The second-order valence-corrected chi connectivity index (χ2v) is 5.26. The first-order valence-corrected chi connectivity index (χ1v) is 6.82. The predicted octanol–water partition coefficient (Wildman–Crippen LogP) is 0.00280. The van der Waals surface area contributed by atoms with Crippen LogP contribution in [0.2, 0.25) is 0 Å². The maximum Gasteiger partial charge on any atom is 0.332 e. The molecule has 0 aromatic carbocycles. The number of ether oxygens (including phenoxy) is 1. The zero-order valence-electron chi connectivity index (χ0n) is 11.7. The molecule has 1 atom stereocenters. The minimum atomic E-state index is -0.360. The Hall–Kier alpha value is -1.89. The molecule has 7 heteroatoms. The summed E-state index contributed by atoms with van der Waals surface area (Å²) in [5.41, 5.74) is 0.218. The molecule has 1 aliphatic rings. The molecule has 0 bridgehead atoms. The van der Waals surface area contributed by atoms with E-state index in [0.717, 1.165) is 30.4 Å². The molecule has 1 saturated heterocycles. The van der Waals surface area contributed by atoms with Gasteiger partial charge in [-0.25, -0.2) is 9.78 Å². The van der Waals surface area contributed by atoms with Gasteiger partial charge in [0.25, 0.3) is 5.56 Å².